The van der Waals surface area contributed by atoms with E-state index in [1.165, 1.54) is 7.11 Å². The molecule has 5 nitrogen and oxygen atoms in total. The summed E-state index contributed by atoms with van der Waals surface area (Å²) in [6.45, 7) is 0.736. The molecule has 3 heterocycles. The smallest absolute Gasteiger partial charge is 0.310 e. The van der Waals surface area contributed by atoms with Crippen molar-refractivity contribution in [2.24, 2.45) is 5.92 Å². The second kappa shape index (κ2) is 5.84. The number of hydrogen-bond donors (Lipinski definition) is 0. The highest BCUT2D eigenvalue weighted by atomic mass is 16.5. The predicted molar refractivity (Wildman–Crippen MR) is 76.5 cm³/mol. The molecule has 21 heavy (non-hydrogen) atoms. The summed E-state index contributed by atoms with van der Waals surface area (Å²) < 4.78 is 4.96. The number of carbonyl (C=O) groups excluding carboxylic acids is 2. The number of carbonyl (C=O) groups is 2. The van der Waals surface area contributed by atoms with Gasteiger partial charge in [0.25, 0.3) is 0 Å². The molecule has 0 unspecified atom stereocenters. The summed E-state index contributed by atoms with van der Waals surface area (Å²) >= 11 is 0. The average Bonchev–Trinajstić information content (AvgIpc) is 2.55. The lowest BCUT2D eigenvalue weighted by atomic mass is 9.77. The number of fused-ring (bicyclic) bond motifs is 1. The van der Waals surface area contributed by atoms with Gasteiger partial charge in [0.1, 0.15) is 0 Å². The molecule has 1 amide bonds. The van der Waals surface area contributed by atoms with E-state index in [-0.39, 0.29) is 29.8 Å². The molecule has 1 aromatic heterocycles. The Balaban J connectivity index is 1.92. The number of amides is 1. The molecule has 0 N–H and O–H groups in total. The Kier molecular flexibility index (Phi) is 3.90. The minimum atomic E-state index is -0.329. The van der Waals surface area contributed by atoms with E-state index in [9.17, 15) is 9.59 Å². The van der Waals surface area contributed by atoms with Gasteiger partial charge in [-0.3, -0.25) is 14.6 Å². The summed E-state index contributed by atoms with van der Waals surface area (Å²) in [6.07, 6.45) is 5.16. The molecular weight excluding hydrogens is 268 g/mol. The number of nitrogens with zero attached hydrogens (tertiary/aromatic N) is 2. The Morgan fingerprint density at radius 1 is 1.38 bits per heavy atom. The summed E-state index contributed by atoms with van der Waals surface area (Å²) in [5.74, 6) is -0.663. The first-order valence-corrected chi connectivity index (χ1v) is 7.51. The Labute approximate surface area is 124 Å². The second-order valence-corrected chi connectivity index (χ2v) is 5.77. The van der Waals surface area contributed by atoms with Crippen molar-refractivity contribution in [2.45, 2.75) is 37.6 Å². The van der Waals surface area contributed by atoms with Crippen LogP contribution in [-0.2, 0) is 14.3 Å². The third-order valence-corrected chi connectivity index (χ3v) is 4.63. The number of aromatic nitrogens is 1. The highest BCUT2D eigenvalue weighted by Gasteiger charge is 2.46. The van der Waals surface area contributed by atoms with Gasteiger partial charge in [-0.15, -0.1) is 0 Å². The van der Waals surface area contributed by atoms with E-state index in [1.807, 2.05) is 23.1 Å². The number of esters is 1. The Morgan fingerprint density at radius 2 is 2.24 bits per heavy atom. The molecule has 2 saturated heterocycles. The van der Waals surface area contributed by atoms with Gasteiger partial charge in [-0.2, -0.15) is 0 Å². The van der Waals surface area contributed by atoms with Gasteiger partial charge < -0.3 is 9.64 Å². The first kappa shape index (κ1) is 14.0. The molecule has 3 atom stereocenters. The first-order valence-electron chi connectivity index (χ1n) is 7.51. The molecule has 0 saturated carbocycles. The van der Waals surface area contributed by atoms with Crippen molar-refractivity contribution in [3.8, 4) is 0 Å². The number of ether oxygens (including phenoxy) is 1. The predicted octanol–water partition coefficient (Wildman–Crippen LogP) is 1.74. The molecule has 3 rings (SSSR count). The van der Waals surface area contributed by atoms with Gasteiger partial charge in [0.2, 0.25) is 5.91 Å². The number of rotatable bonds is 2. The fraction of sp³-hybridized carbons (Fsp3) is 0.562. The molecule has 2 aliphatic heterocycles. The fourth-order valence-corrected chi connectivity index (χ4v) is 3.60. The maximum atomic E-state index is 12.8. The Morgan fingerprint density at radius 3 is 2.95 bits per heavy atom. The van der Waals surface area contributed by atoms with Crippen LogP contribution in [0.3, 0.4) is 0 Å². The normalized spacial score (nSPS) is 28.9. The van der Waals surface area contributed by atoms with Gasteiger partial charge in [0, 0.05) is 18.8 Å². The number of methoxy groups -OCH3 is 1. The number of hydrogen-bond acceptors (Lipinski definition) is 4. The zero-order valence-corrected chi connectivity index (χ0v) is 12.2. The maximum absolute atomic E-state index is 12.8. The van der Waals surface area contributed by atoms with Crippen LogP contribution in [0.2, 0.25) is 0 Å². The van der Waals surface area contributed by atoms with Crippen molar-refractivity contribution in [1.29, 1.82) is 0 Å². The molecular formula is C16H20N2O3. The molecule has 0 radical (unpaired) electrons. The first-order chi connectivity index (χ1) is 10.2. The van der Waals surface area contributed by atoms with Crippen molar-refractivity contribution < 1.29 is 14.3 Å². The summed E-state index contributed by atoms with van der Waals surface area (Å²) in [5, 5.41) is 0. The number of pyridine rings is 1. The molecule has 2 aliphatic rings. The zero-order valence-electron chi connectivity index (χ0n) is 12.2. The fourth-order valence-electron chi connectivity index (χ4n) is 3.60. The topological polar surface area (TPSA) is 59.5 Å². The quantitative estimate of drug-likeness (QED) is 0.778. The van der Waals surface area contributed by atoms with Crippen LogP contribution in [0.1, 0.15) is 37.3 Å². The van der Waals surface area contributed by atoms with E-state index < -0.39 is 0 Å². The molecule has 1 aromatic rings. The molecule has 2 fully saturated rings. The Bertz CT molecular complexity index is 532. The molecule has 0 spiro atoms. The average molecular weight is 288 g/mol. The molecule has 0 bridgehead atoms. The van der Waals surface area contributed by atoms with Crippen LogP contribution in [0, 0.1) is 5.92 Å². The van der Waals surface area contributed by atoms with Crippen LogP contribution in [0.15, 0.2) is 24.4 Å². The largest absolute Gasteiger partial charge is 0.469 e. The lowest BCUT2D eigenvalue weighted by Gasteiger charge is -2.45. The van der Waals surface area contributed by atoms with Crippen molar-refractivity contribution in [3.63, 3.8) is 0 Å². The summed E-state index contributed by atoms with van der Waals surface area (Å²) in [5.41, 5.74) is 0.750. The van der Waals surface area contributed by atoms with E-state index in [2.05, 4.69) is 4.98 Å². The molecule has 112 valence electrons. The van der Waals surface area contributed by atoms with Crippen molar-refractivity contribution in [2.75, 3.05) is 13.7 Å². The SMILES string of the molecule is COC(=O)[C@H]1C[C@@H](c2ccccn2)C(=O)N2CCCC[C@H]12. The monoisotopic (exact) mass is 288 g/mol. The van der Waals surface area contributed by atoms with Crippen molar-refractivity contribution in [3.05, 3.63) is 30.1 Å². The van der Waals surface area contributed by atoms with Crippen molar-refractivity contribution in [1.82, 2.24) is 9.88 Å². The van der Waals surface area contributed by atoms with Crippen LogP contribution in [-0.4, -0.2) is 41.5 Å². The maximum Gasteiger partial charge on any atom is 0.310 e. The third kappa shape index (κ3) is 2.52. The summed E-state index contributed by atoms with van der Waals surface area (Å²) in [6, 6.07) is 5.57. The van der Waals surface area contributed by atoms with Gasteiger partial charge in [-0.05, 0) is 37.8 Å². The Hall–Kier alpha value is -1.91. The second-order valence-electron chi connectivity index (χ2n) is 5.77. The molecule has 5 heteroatoms. The highest BCUT2D eigenvalue weighted by molar-refractivity contribution is 5.87. The van der Waals surface area contributed by atoms with E-state index in [4.69, 9.17) is 4.74 Å². The minimum absolute atomic E-state index is 0.00124. The van der Waals surface area contributed by atoms with Gasteiger partial charge in [-0.25, -0.2) is 0 Å². The van der Waals surface area contributed by atoms with Crippen LogP contribution >= 0.6 is 0 Å². The number of piperidine rings is 2. The van der Waals surface area contributed by atoms with Gasteiger partial charge in [-0.1, -0.05) is 6.07 Å². The molecule has 0 aromatic carbocycles. The van der Waals surface area contributed by atoms with Gasteiger partial charge >= 0.3 is 5.97 Å². The zero-order chi connectivity index (χ0) is 14.8. The molecule has 0 aliphatic carbocycles. The summed E-state index contributed by atoms with van der Waals surface area (Å²) in [4.78, 5) is 31.1. The van der Waals surface area contributed by atoms with Crippen LogP contribution in [0.25, 0.3) is 0 Å². The van der Waals surface area contributed by atoms with E-state index in [0.29, 0.717) is 6.42 Å². The lowest BCUT2D eigenvalue weighted by Crippen LogP contribution is -2.55. The third-order valence-electron chi connectivity index (χ3n) is 4.63. The standard InChI is InChI=1S/C16H20N2O3/c1-21-16(20)12-10-11(13-6-2-4-8-17-13)15(19)18-9-5-3-7-14(12)18/h2,4,6,8,11-12,14H,3,5,7,9-10H2,1H3/t11-,12-,14+/m0/s1. The minimum Gasteiger partial charge on any atom is -0.469 e. The summed E-state index contributed by atoms with van der Waals surface area (Å²) in [7, 11) is 1.42. The lowest BCUT2D eigenvalue weighted by molar-refractivity contribution is -0.157. The van der Waals surface area contributed by atoms with E-state index in [1.54, 1.807) is 6.20 Å². The van der Waals surface area contributed by atoms with E-state index in [0.717, 1.165) is 31.5 Å². The van der Waals surface area contributed by atoms with Crippen LogP contribution < -0.4 is 0 Å². The highest BCUT2D eigenvalue weighted by Crippen LogP contribution is 2.38. The van der Waals surface area contributed by atoms with Gasteiger partial charge in [0.15, 0.2) is 0 Å². The van der Waals surface area contributed by atoms with Crippen molar-refractivity contribution >= 4 is 11.9 Å². The van der Waals surface area contributed by atoms with Crippen LogP contribution in [0.4, 0.5) is 0 Å². The van der Waals surface area contributed by atoms with Crippen LogP contribution in [0.5, 0.6) is 0 Å². The van der Waals surface area contributed by atoms with Gasteiger partial charge in [0.05, 0.1) is 24.6 Å². The van der Waals surface area contributed by atoms with E-state index >= 15 is 0 Å².